The quantitative estimate of drug-likeness (QED) is 0.878. The Hall–Kier alpha value is -1.06. The van der Waals surface area contributed by atoms with Crippen LogP contribution in [0.5, 0.6) is 0 Å². The van der Waals surface area contributed by atoms with Gasteiger partial charge in [-0.2, -0.15) is 0 Å². The van der Waals surface area contributed by atoms with Crippen LogP contribution < -0.4 is 5.73 Å². The first-order chi connectivity index (χ1) is 8.13. The van der Waals surface area contributed by atoms with Crippen LogP contribution in [0.3, 0.4) is 0 Å². The summed E-state index contributed by atoms with van der Waals surface area (Å²) in [6.07, 6.45) is 5.79. The van der Waals surface area contributed by atoms with E-state index in [1.54, 1.807) is 0 Å². The summed E-state index contributed by atoms with van der Waals surface area (Å²) in [6, 6.07) is 0.507. The van der Waals surface area contributed by atoms with Crippen molar-refractivity contribution in [2.75, 3.05) is 5.73 Å². The van der Waals surface area contributed by atoms with Gasteiger partial charge in [-0.3, -0.25) is 0 Å². The number of hydrogen-bond acceptors (Lipinski definition) is 3. The van der Waals surface area contributed by atoms with Crippen LogP contribution in [0.2, 0.25) is 0 Å². The predicted octanol–water partition coefficient (Wildman–Crippen LogP) is 2.81. The van der Waals surface area contributed by atoms with E-state index in [1.165, 1.54) is 19.3 Å². The van der Waals surface area contributed by atoms with E-state index in [1.807, 2.05) is 0 Å². The summed E-state index contributed by atoms with van der Waals surface area (Å²) in [6.45, 7) is 6.86. The molecule has 4 nitrogen and oxygen atoms in total. The van der Waals surface area contributed by atoms with Gasteiger partial charge in [-0.25, -0.2) is 4.68 Å². The zero-order chi connectivity index (χ0) is 12.4. The van der Waals surface area contributed by atoms with Crippen molar-refractivity contribution >= 4 is 5.82 Å². The summed E-state index contributed by atoms with van der Waals surface area (Å²) < 4.78 is 2.10. The SMILES string of the molecule is CCCc1c(N)nnn1C1CCC(C)C(C)C1. The molecule has 0 aromatic carbocycles. The number of nitrogen functional groups attached to an aromatic ring is 1. The van der Waals surface area contributed by atoms with E-state index in [9.17, 15) is 0 Å². The second kappa shape index (κ2) is 5.07. The van der Waals surface area contributed by atoms with Crippen molar-refractivity contribution < 1.29 is 0 Å². The lowest BCUT2D eigenvalue weighted by Crippen LogP contribution is -2.25. The summed E-state index contributed by atoms with van der Waals surface area (Å²) in [5.41, 5.74) is 7.04. The topological polar surface area (TPSA) is 56.7 Å². The molecule has 2 N–H and O–H groups in total. The third kappa shape index (κ3) is 2.45. The second-order valence-corrected chi connectivity index (χ2v) is 5.54. The van der Waals surface area contributed by atoms with Gasteiger partial charge in [-0.1, -0.05) is 32.4 Å². The molecule has 3 unspecified atom stereocenters. The number of aromatic nitrogens is 3. The highest BCUT2D eigenvalue weighted by atomic mass is 15.5. The van der Waals surface area contributed by atoms with Crippen molar-refractivity contribution in [3.63, 3.8) is 0 Å². The zero-order valence-corrected chi connectivity index (χ0v) is 11.2. The minimum atomic E-state index is 0.507. The number of nitrogens with two attached hydrogens (primary N) is 1. The van der Waals surface area contributed by atoms with Gasteiger partial charge in [-0.15, -0.1) is 5.10 Å². The van der Waals surface area contributed by atoms with Gasteiger partial charge < -0.3 is 5.73 Å². The molecule has 1 aromatic rings. The minimum absolute atomic E-state index is 0.507. The lowest BCUT2D eigenvalue weighted by atomic mass is 9.79. The molecule has 17 heavy (non-hydrogen) atoms. The Kier molecular flexibility index (Phi) is 3.69. The molecule has 2 rings (SSSR count). The van der Waals surface area contributed by atoms with E-state index >= 15 is 0 Å². The lowest BCUT2D eigenvalue weighted by molar-refractivity contribution is 0.196. The number of hydrogen-bond donors (Lipinski definition) is 1. The molecule has 96 valence electrons. The fourth-order valence-electron chi connectivity index (χ4n) is 2.84. The third-order valence-electron chi connectivity index (χ3n) is 4.22. The number of rotatable bonds is 3. The molecule has 0 spiro atoms. The first-order valence-electron chi connectivity index (χ1n) is 6.83. The Labute approximate surface area is 104 Å². The van der Waals surface area contributed by atoms with Gasteiger partial charge in [0.25, 0.3) is 0 Å². The van der Waals surface area contributed by atoms with Crippen LogP contribution >= 0.6 is 0 Å². The number of anilines is 1. The molecular formula is C13H24N4. The van der Waals surface area contributed by atoms with E-state index < -0.39 is 0 Å². The van der Waals surface area contributed by atoms with Gasteiger partial charge in [0.2, 0.25) is 0 Å². The Morgan fingerprint density at radius 1 is 1.29 bits per heavy atom. The molecule has 1 aliphatic carbocycles. The highest BCUT2D eigenvalue weighted by Crippen LogP contribution is 2.36. The number of nitrogens with zero attached hydrogens (tertiary/aromatic N) is 3. The van der Waals surface area contributed by atoms with Crippen LogP contribution in [0, 0.1) is 11.8 Å². The van der Waals surface area contributed by atoms with Crippen LogP contribution in [0.25, 0.3) is 0 Å². The van der Waals surface area contributed by atoms with E-state index in [-0.39, 0.29) is 0 Å². The van der Waals surface area contributed by atoms with Crippen molar-refractivity contribution in [2.45, 2.75) is 58.9 Å². The van der Waals surface area contributed by atoms with Crippen molar-refractivity contribution in [3.05, 3.63) is 5.69 Å². The van der Waals surface area contributed by atoms with Crippen LogP contribution in [-0.4, -0.2) is 15.0 Å². The van der Waals surface area contributed by atoms with Gasteiger partial charge in [0.15, 0.2) is 5.82 Å². The third-order valence-corrected chi connectivity index (χ3v) is 4.22. The maximum Gasteiger partial charge on any atom is 0.169 e. The van der Waals surface area contributed by atoms with Crippen molar-refractivity contribution in [3.8, 4) is 0 Å². The minimum Gasteiger partial charge on any atom is -0.381 e. The van der Waals surface area contributed by atoms with Crippen LogP contribution in [0.1, 0.15) is 58.2 Å². The molecule has 1 aliphatic rings. The van der Waals surface area contributed by atoms with Gasteiger partial charge >= 0.3 is 0 Å². The standard InChI is InChI=1S/C13H24N4/c1-4-5-12-13(14)15-16-17(12)11-7-6-9(2)10(3)8-11/h9-11H,4-8,14H2,1-3H3. The zero-order valence-electron chi connectivity index (χ0n) is 11.2. The molecule has 0 bridgehead atoms. The molecule has 0 aliphatic heterocycles. The molecule has 0 saturated heterocycles. The van der Waals surface area contributed by atoms with Crippen LogP contribution in [0.4, 0.5) is 5.82 Å². The predicted molar refractivity (Wildman–Crippen MR) is 69.6 cm³/mol. The molecule has 3 atom stereocenters. The fourth-order valence-corrected chi connectivity index (χ4v) is 2.84. The Morgan fingerprint density at radius 3 is 2.71 bits per heavy atom. The normalized spacial score (nSPS) is 29.5. The maximum atomic E-state index is 5.90. The van der Waals surface area contributed by atoms with E-state index in [2.05, 4.69) is 35.8 Å². The highest BCUT2D eigenvalue weighted by molar-refractivity contribution is 5.33. The van der Waals surface area contributed by atoms with Gasteiger partial charge in [-0.05, 0) is 37.5 Å². The van der Waals surface area contributed by atoms with Crippen LogP contribution in [-0.2, 0) is 6.42 Å². The molecule has 4 heteroatoms. The lowest BCUT2D eigenvalue weighted by Gasteiger charge is -2.32. The fraction of sp³-hybridized carbons (Fsp3) is 0.846. The van der Waals surface area contributed by atoms with E-state index in [0.717, 1.165) is 30.4 Å². The smallest absolute Gasteiger partial charge is 0.169 e. The molecule has 1 heterocycles. The maximum absolute atomic E-state index is 5.90. The first kappa shape index (κ1) is 12.4. The van der Waals surface area contributed by atoms with Crippen molar-refractivity contribution in [2.24, 2.45) is 11.8 Å². The summed E-state index contributed by atoms with van der Waals surface area (Å²) in [5, 5.41) is 8.30. The van der Waals surface area contributed by atoms with Gasteiger partial charge in [0, 0.05) is 0 Å². The average Bonchev–Trinajstić information content (AvgIpc) is 2.66. The van der Waals surface area contributed by atoms with Crippen molar-refractivity contribution in [1.29, 1.82) is 0 Å². The molecule has 1 aromatic heterocycles. The largest absolute Gasteiger partial charge is 0.381 e. The Morgan fingerprint density at radius 2 is 2.06 bits per heavy atom. The summed E-state index contributed by atoms with van der Waals surface area (Å²) in [5.74, 6) is 2.23. The summed E-state index contributed by atoms with van der Waals surface area (Å²) >= 11 is 0. The Balaban J connectivity index is 2.17. The Bertz CT molecular complexity index is 371. The van der Waals surface area contributed by atoms with E-state index in [4.69, 9.17) is 5.73 Å². The molecular weight excluding hydrogens is 212 g/mol. The first-order valence-corrected chi connectivity index (χ1v) is 6.83. The summed E-state index contributed by atoms with van der Waals surface area (Å²) in [7, 11) is 0. The monoisotopic (exact) mass is 236 g/mol. The molecule has 1 fully saturated rings. The summed E-state index contributed by atoms with van der Waals surface area (Å²) in [4.78, 5) is 0. The highest BCUT2D eigenvalue weighted by Gasteiger charge is 2.28. The van der Waals surface area contributed by atoms with E-state index in [0.29, 0.717) is 11.9 Å². The van der Waals surface area contributed by atoms with Crippen molar-refractivity contribution in [1.82, 2.24) is 15.0 Å². The van der Waals surface area contributed by atoms with Gasteiger partial charge in [0.05, 0.1) is 11.7 Å². The molecule has 0 amide bonds. The molecule has 1 saturated carbocycles. The van der Waals surface area contributed by atoms with Crippen LogP contribution in [0.15, 0.2) is 0 Å². The average molecular weight is 236 g/mol. The second-order valence-electron chi connectivity index (χ2n) is 5.54. The molecule has 0 radical (unpaired) electrons. The van der Waals surface area contributed by atoms with Gasteiger partial charge in [0.1, 0.15) is 0 Å².